The van der Waals surface area contributed by atoms with Crippen molar-refractivity contribution in [2.75, 3.05) is 26.9 Å². The van der Waals surface area contributed by atoms with Gasteiger partial charge in [0.1, 0.15) is 6.61 Å². The molecular formula is C11H20N2O5. The number of hydrogen-bond donors (Lipinski definition) is 3. The van der Waals surface area contributed by atoms with Crippen molar-refractivity contribution in [2.24, 2.45) is 0 Å². The van der Waals surface area contributed by atoms with Crippen LogP contribution in [0.4, 0.5) is 4.79 Å². The Hall–Kier alpha value is -1.34. The van der Waals surface area contributed by atoms with Crippen molar-refractivity contribution in [3.63, 3.8) is 0 Å². The Morgan fingerprint density at radius 1 is 1.39 bits per heavy atom. The SMILES string of the molecule is COC1CCC(NC(=O)NCCOCC(=O)O)C1. The standard InChI is InChI=1S/C11H20N2O5/c1-17-9-3-2-8(6-9)13-11(16)12-4-5-18-7-10(14)15/h8-9H,2-7H2,1H3,(H,14,15)(H2,12,13,16). The Labute approximate surface area is 106 Å². The minimum absolute atomic E-state index is 0.148. The van der Waals surface area contributed by atoms with Crippen LogP contribution < -0.4 is 10.6 Å². The van der Waals surface area contributed by atoms with Crippen molar-refractivity contribution in [3.8, 4) is 0 Å². The molecule has 1 rings (SSSR count). The molecule has 0 aromatic heterocycles. The van der Waals surface area contributed by atoms with Gasteiger partial charge in [0.15, 0.2) is 0 Å². The highest BCUT2D eigenvalue weighted by Gasteiger charge is 2.25. The minimum atomic E-state index is -1.02. The second kappa shape index (κ2) is 7.88. The van der Waals surface area contributed by atoms with Crippen LogP contribution >= 0.6 is 0 Å². The number of carbonyl (C=O) groups is 2. The van der Waals surface area contributed by atoms with E-state index >= 15 is 0 Å². The molecule has 1 aliphatic carbocycles. The van der Waals surface area contributed by atoms with Crippen LogP contribution in [-0.4, -0.2) is 56.1 Å². The van der Waals surface area contributed by atoms with E-state index in [0.29, 0.717) is 6.54 Å². The Bertz CT molecular complexity index is 285. The van der Waals surface area contributed by atoms with Crippen molar-refractivity contribution in [1.29, 1.82) is 0 Å². The van der Waals surface area contributed by atoms with Crippen LogP contribution in [0, 0.1) is 0 Å². The smallest absolute Gasteiger partial charge is 0.329 e. The molecule has 2 atom stereocenters. The second-order valence-corrected chi connectivity index (χ2v) is 4.21. The maximum Gasteiger partial charge on any atom is 0.329 e. The van der Waals surface area contributed by atoms with E-state index in [-0.39, 0.29) is 31.4 Å². The molecule has 1 fully saturated rings. The van der Waals surface area contributed by atoms with Crippen LogP contribution in [0.15, 0.2) is 0 Å². The third-order valence-electron chi connectivity index (χ3n) is 2.81. The Morgan fingerprint density at radius 3 is 2.78 bits per heavy atom. The summed E-state index contributed by atoms with van der Waals surface area (Å²) >= 11 is 0. The van der Waals surface area contributed by atoms with E-state index in [2.05, 4.69) is 10.6 Å². The summed E-state index contributed by atoms with van der Waals surface area (Å²) in [6, 6.07) is -0.106. The number of hydrogen-bond acceptors (Lipinski definition) is 4. The molecule has 0 aromatic rings. The fraction of sp³-hybridized carbons (Fsp3) is 0.818. The summed E-state index contributed by atoms with van der Waals surface area (Å²) in [5.74, 6) is -1.02. The first-order valence-electron chi connectivity index (χ1n) is 5.98. The number of nitrogens with one attached hydrogen (secondary N) is 2. The van der Waals surface area contributed by atoms with Crippen molar-refractivity contribution in [3.05, 3.63) is 0 Å². The molecule has 0 aliphatic heterocycles. The number of carbonyl (C=O) groups excluding carboxylic acids is 1. The molecule has 2 unspecified atom stereocenters. The second-order valence-electron chi connectivity index (χ2n) is 4.21. The third kappa shape index (κ3) is 5.83. The first-order valence-corrected chi connectivity index (χ1v) is 5.98. The van der Waals surface area contributed by atoms with E-state index in [1.165, 1.54) is 0 Å². The number of ether oxygens (including phenoxy) is 2. The summed E-state index contributed by atoms with van der Waals surface area (Å²) in [7, 11) is 1.67. The summed E-state index contributed by atoms with van der Waals surface area (Å²) in [4.78, 5) is 21.6. The van der Waals surface area contributed by atoms with Gasteiger partial charge in [-0.15, -0.1) is 0 Å². The molecule has 0 radical (unpaired) electrons. The van der Waals surface area contributed by atoms with Gasteiger partial charge < -0.3 is 25.2 Å². The van der Waals surface area contributed by atoms with E-state index in [1.54, 1.807) is 7.11 Å². The van der Waals surface area contributed by atoms with E-state index in [4.69, 9.17) is 14.6 Å². The topological polar surface area (TPSA) is 96.9 Å². The number of urea groups is 1. The Balaban J connectivity index is 2.02. The van der Waals surface area contributed by atoms with E-state index in [9.17, 15) is 9.59 Å². The molecule has 1 saturated carbocycles. The lowest BCUT2D eigenvalue weighted by Crippen LogP contribution is -2.42. The average molecular weight is 260 g/mol. The molecule has 7 heteroatoms. The Morgan fingerprint density at radius 2 is 2.17 bits per heavy atom. The summed E-state index contributed by atoms with van der Waals surface area (Å²) in [5.41, 5.74) is 0. The third-order valence-corrected chi connectivity index (χ3v) is 2.81. The van der Waals surface area contributed by atoms with E-state index in [0.717, 1.165) is 19.3 Å². The summed E-state index contributed by atoms with van der Waals surface area (Å²) in [6.07, 6.45) is 2.94. The van der Waals surface area contributed by atoms with Crippen molar-refractivity contribution < 1.29 is 24.2 Å². The predicted octanol–water partition coefficient (Wildman–Crippen LogP) is -0.0457. The van der Waals surface area contributed by atoms with Gasteiger partial charge in [-0.25, -0.2) is 9.59 Å². The van der Waals surface area contributed by atoms with Gasteiger partial charge in [0.25, 0.3) is 0 Å². The fourth-order valence-corrected chi connectivity index (χ4v) is 1.92. The molecule has 0 heterocycles. The quantitative estimate of drug-likeness (QED) is 0.558. The maximum atomic E-state index is 11.5. The van der Waals surface area contributed by atoms with E-state index < -0.39 is 5.97 Å². The lowest BCUT2D eigenvalue weighted by molar-refractivity contribution is -0.142. The molecule has 3 N–H and O–H groups in total. The average Bonchev–Trinajstić information content (AvgIpc) is 2.76. The number of methoxy groups -OCH3 is 1. The molecule has 0 saturated heterocycles. The molecule has 1 aliphatic rings. The minimum Gasteiger partial charge on any atom is -0.480 e. The lowest BCUT2D eigenvalue weighted by Gasteiger charge is -2.13. The summed E-state index contributed by atoms with van der Waals surface area (Å²) in [5, 5.41) is 13.8. The van der Waals surface area contributed by atoms with Crippen LogP contribution in [0.1, 0.15) is 19.3 Å². The number of aliphatic carboxylic acids is 1. The van der Waals surface area contributed by atoms with Crippen LogP contribution in [-0.2, 0) is 14.3 Å². The summed E-state index contributed by atoms with van der Waals surface area (Å²) < 4.78 is 10.00. The van der Waals surface area contributed by atoms with Gasteiger partial charge in [-0.3, -0.25) is 0 Å². The van der Waals surface area contributed by atoms with Crippen molar-refractivity contribution in [1.82, 2.24) is 10.6 Å². The molecule has 18 heavy (non-hydrogen) atoms. The number of amides is 2. The van der Waals surface area contributed by atoms with Crippen LogP contribution in [0.25, 0.3) is 0 Å². The molecule has 0 bridgehead atoms. The van der Waals surface area contributed by atoms with Crippen molar-refractivity contribution >= 4 is 12.0 Å². The monoisotopic (exact) mass is 260 g/mol. The van der Waals surface area contributed by atoms with Gasteiger partial charge >= 0.3 is 12.0 Å². The molecule has 0 spiro atoms. The van der Waals surface area contributed by atoms with Gasteiger partial charge in [0.05, 0.1) is 12.7 Å². The van der Waals surface area contributed by atoms with Crippen LogP contribution in [0.3, 0.4) is 0 Å². The molecule has 0 aromatic carbocycles. The molecule has 2 amide bonds. The molecule has 7 nitrogen and oxygen atoms in total. The molecular weight excluding hydrogens is 240 g/mol. The zero-order valence-electron chi connectivity index (χ0n) is 10.5. The summed E-state index contributed by atoms with van der Waals surface area (Å²) in [6.45, 7) is 0.131. The largest absolute Gasteiger partial charge is 0.480 e. The first-order chi connectivity index (χ1) is 8.61. The maximum absolute atomic E-state index is 11.5. The highest BCUT2D eigenvalue weighted by atomic mass is 16.5. The predicted molar refractivity (Wildman–Crippen MR) is 63.4 cm³/mol. The van der Waals surface area contributed by atoms with Gasteiger partial charge in [-0.1, -0.05) is 0 Å². The normalized spacial score (nSPS) is 22.7. The Kier molecular flexibility index (Phi) is 6.45. The number of carboxylic acid groups (broad SMARTS) is 1. The van der Waals surface area contributed by atoms with Crippen LogP contribution in [0.5, 0.6) is 0 Å². The highest BCUT2D eigenvalue weighted by molar-refractivity contribution is 5.74. The van der Waals surface area contributed by atoms with Gasteiger partial charge in [-0.05, 0) is 19.3 Å². The zero-order chi connectivity index (χ0) is 13.4. The number of rotatable bonds is 7. The number of carboxylic acids is 1. The van der Waals surface area contributed by atoms with Gasteiger partial charge in [-0.2, -0.15) is 0 Å². The fourth-order valence-electron chi connectivity index (χ4n) is 1.92. The highest BCUT2D eigenvalue weighted by Crippen LogP contribution is 2.21. The van der Waals surface area contributed by atoms with Crippen LogP contribution in [0.2, 0.25) is 0 Å². The zero-order valence-corrected chi connectivity index (χ0v) is 10.5. The molecule has 104 valence electrons. The van der Waals surface area contributed by atoms with Gasteiger partial charge in [0, 0.05) is 19.7 Å². The van der Waals surface area contributed by atoms with Gasteiger partial charge in [0.2, 0.25) is 0 Å². The van der Waals surface area contributed by atoms with Crippen molar-refractivity contribution in [2.45, 2.75) is 31.4 Å². The lowest BCUT2D eigenvalue weighted by atomic mass is 10.2. The van der Waals surface area contributed by atoms with E-state index in [1.807, 2.05) is 0 Å². The first kappa shape index (κ1) is 14.7.